The summed E-state index contributed by atoms with van der Waals surface area (Å²) in [5.74, 6) is 0. The number of hydrogen-bond acceptors (Lipinski definition) is 0. The highest BCUT2D eigenvalue weighted by Gasteiger charge is 2.06. The van der Waals surface area contributed by atoms with E-state index in [1.54, 1.807) is 0 Å². The Morgan fingerprint density at radius 2 is 2.00 bits per heavy atom. The van der Waals surface area contributed by atoms with Crippen LogP contribution in [0.2, 0.25) is 6.04 Å². The van der Waals surface area contributed by atoms with E-state index in [2.05, 4.69) is 31.2 Å². The van der Waals surface area contributed by atoms with Crippen molar-refractivity contribution >= 4 is 21.1 Å². The third-order valence-electron chi connectivity index (χ3n) is 2.22. The summed E-state index contributed by atoms with van der Waals surface area (Å²) in [5, 5.41) is 0.341. The molecule has 0 heterocycles. The molecule has 72 valence electrons. The van der Waals surface area contributed by atoms with E-state index in [-0.39, 0.29) is 9.52 Å². The lowest BCUT2D eigenvalue weighted by Crippen LogP contribution is -2.00. The Labute approximate surface area is 88.1 Å². The van der Waals surface area contributed by atoms with Gasteiger partial charge in [0, 0.05) is 14.5 Å². The molecule has 0 spiro atoms. The van der Waals surface area contributed by atoms with E-state index < -0.39 is 0 Å². The summed E-state index contributed by atoms with van der Waals surface area (Å²) in [6.45, 7) is 2.24. The fourth-order valence-electron chi connectivity index (χ4n) is 1.40. The van der Waals surface area contributed by atoms with Crippen LogP contribution >= 0.6 is 11.6 Å². The van der Waals surface area contributed by atoms with Gasteiger partial charge in [-0.3, -0.25) is 0 Å². The van der Waals surface area contributed by atoms with E-state index in [0.29, 0.717) is 5.00 Å². The Morgan fingerprint density at radius 1 is 1.31 bits per heavy atom. The van der Waals surface area contributed by atoms with Gasteiger partial charge >= 0.3 is 0 Å². The van der Waals surface area contributed by atoms with Crippen molar-refractivity contribution in [1.29, 1.82) is 0 Å². The smallest absolute Gasteiger partial charge is 0.0474 e. The standard InChI is InChI=1S/C11H17ClSi/c1-2-3-9-13-11(12)10-7-5-4-6-8-10/h4-8,11H,2-3,9,13H2,1H3. The van der Waals surface area contributed by atoms with Gasteiger partial charge in [0.05, 0.1) is 0 Å². The van der Waals surface area contributed by atoms with Gasteiger partial charge in [0.15, 0.2) is 0 Å². The molecule has 0 fully saturated rings. The third-order valence-corrected chi connectivity index (χ3v) is 5.02. The van der Waals surface area contributed by atoms with Crippen LogP contribution in [0.4, 0.5) is 0 Å². The van der Waals surface area contributed by atoms with Crippen LogP contribution in [0.1, 0.15) is 30.3 Å². The van der Waals surface area contributed by atoms with Crippen molar-refractivity contribution in [1.82, 2.24) is 0 Å². The number of alkyl halides is 1. The molecule has 13 heavy (non-hydrogen) atoms. The van der Waals surface area contributed by atoms with Gasteiger partial charge < -0.3 is 0 Å². The monoisotopic (exact) mass is 212 g/mol. The summed E-state index contributed by atoms with van der Waals surface area (Å²) in [5.41, 5.74) is 1.31. The van der Waals surface area contributed by atoms with Gasteiger partial charge in [0.2, 0.25) is 0 Å². The second-order valence-corrected chi connectivity index (χ2v) is 6.52. The zero-order valence-corrected chi connectivity index (χ0v) is 10.3. The molecule has 0 aliphatic heterocycles. The van der Waals surface area contributed by atoms with Crippen molar-refractivity contribution in [3.63, 3.8) is 0 Å². The van der Waals surface area contributed by atoms with E-state index in [9.17, 15) is 0 Å². The predicted octanol–water partition coefficient (Wildman–Crippen LogP) is 3.31. The van der Waals surface area contributed by atoms with Crippen LogP contribution in [0.15, 0.2) is 30.3 Å². The van der Waals surface area contributed by atoms with Crippen LogP contribution in [-0.2, 0) is 0 Å². The van der Waals surface area contributed by atoms with Crippen molar-refractivity contribution in [3.05, 3.63) is 35.9 Å². The van der Waals surface area contributed by atoms with Crippen LogP contribution in [0.5, 0.6) is 0 Å². The van der Waals surface area contributed by atoms with Crippen molar-refractivity contribution in [3.8, 4) is 0 Å². The molecule has 0 saturated heterocycles. The second-order valence-electron chi connectivity index (χ2n) is 3.37. The van der Waals surface area contributed by atoms with Crippen LogP contribution in [0.25, 0.3) is 0 Å². The number of unbranched alkanes of at least 4 members (excludes halogenated alkanes) is 1. The van der Waals surface area contributed by atoms with E-state index in [1.165, 1.54) is 24.4 Å². The first-order valence-corrected chi connectivity index (χ1v) is 7.29. The summed E-state index contributed by atoms with van der Waals surface area (Å²) in [7, 11) is -0.108. The zero-order chi connectivity index (χ0) is 9.52. The SMILES string of the molecule is CCCC[SiH2]C(Cl)c1ccccc1. The van der Waals surface area contributed by atoms with Gasteiger partial charge in [-0.2, -0.15) is 0 Å². The average Bonchev–Trinajstić information content (AvgIpc) is 2.19. The molecule has 0 saturated carbocycles. The normalized spacial score (nSPS) is 13.7. The first kappa shape index (κ1) is 10.8. The zero-order valence-electron chi connectivity index (χ0n) is 8.17. The van der Waals surface area contributed by atoms with E-state index in [4.69, 9.17) is 11.6 Å². The van der Waals surface area contributed by atoms with Crippen LogP contribution < -0.4 is 0 Å². The molecular formula is C11H17ClSi. The van der Waals surface area contributed by atoms with Crippen LogP contribution in [0, 0.1) is 0 Å². The Kier molecular flexibility index (Phi) is 5.17. The highest BCUT2D eigenvalue weighted by molar-refractivity contribution is 6.52. The summed E-state index contributed by atoms with van der Waals surface area (Å²) in [6.07, 6.45) is 2.65. The Balaban J connectivity index is 2.35. The molecule has 0 nitrogen and oxygen atoms in total. The highest BCUT2D eigenvalue weighted by atomic mass is 35.5. The van der Waals surface area contributed by atoms with Gasteiger partial charge in [-0.1, -0.05) is 56.1 Å². The van der Waals surface area contributed by atoms with Crippen LogP contribution in [0.3, 0.4) is 0 Å². The van der Waals surface area contributed by atoms with Gasteiger partial charge in [-0.25, -0.2) is 0 Å². The minimum Gasteiger partial charge on any atom is -0.122 e. The Hall–Kier alpha value is -0.273. The number of rotatable bonds is 5. The molecule has 0 aliphatic carbocycles. The first-order valence-electron chi connectivity index (χ1n) is 5.03. The van der Waals surface area contributed by atoms with Crippen molar-refractivity contribution in [2.75, 3.05) is 0 Å². The maximum absolute atomic E-state index is 6.30. The van der Waals surface area contributed by atoms with Crippen molar-refractivity contribution in [2.45, 2.75) is 30.8 Å². The number of benzene rings is 1. The van der Waals surface area contributed by atoms with Gasteiger partial charge in [0.25, 0.3) is 0 Å². The summed E-state index contributed by atoms with van der Waals surface area (Å²) >= 11 is 6.30. The molecule has 1 atom stereocenters. The van der Waals surface area contributed by atoms with Gasteiger partial charge in [-0.15, -0.1) is 11.6 Å². The number of halogens is 1. The maximum atomic E-state index is 6.30. The largest absolute Gasteiger partial charge is 0.122 e. The molecule has 0 radical (unpaired) electrons. The van der Waals surface area contributed by atoms with Gasteiger partial charge in [0.1, 0.15) is 0 Å². The molecule has 1 aromatic carbocycles. The fourth-order valence-corrected chi connectivity index (χ4v) is 3.76. The Morgan fingerprint density at radius 3 is 2.62 bits per heavy atom. The quantitative estimate of drug-likeness (QED) is 0.399. The highest BCUT2D eigenvalue weighted by Crippen LogP contribution is 2.20. The molecule has 0 bridgehead atoms. The fraction of sp³-hybridized carbons (Fsp3) is 0.455. The lowest BCUT2D eigenvalue weighted by atomic mass is 10.2. The minimum atomic E-state index is -0.108. The molecule has 0 aromatic heterocycles. The molecule has 0 N–H and O–H groups in total. The van der Waals surface area contributed by atoms with E-state index >= 15 is 0 Å². The average molecular weight is 213 g/mol. The third kappa shape index (κ3) is 3.97. The van der Waals surface area contributed by atoms with Crippen molar-refractivity contribution < 1.29 is 0 Å². The van der Waals surface area contributed by atoms with Crippen LogP contribution in [-0.4, -0.2) is 9.52 Å². The maximum Gasteiger partial charge on any atom is 0.0474 e. The lowest BCUT2D eigenvalue weighted by Gasteiger charge is -2.07. The molecule has 2 heteroatoms. The topological polar surface area (TPSA) is 0 Å². The number of hydrogen-bond donors (Lipinski definition) is 0. The second kappa shape index (κ2) is 6.22. The van der Waals surface area contributed by atoms with E-state index in [0.717, 1.165) is 0 Å². The Bertz CT molecular complexity index is 223. The van der Waals surface area contributed by atoms with E-state index in [1.807, 2.05) is 6.07 Å². The molecular weight excluding hydrogens is 196 g/mol. The molecule has 1 aromatic rings. The minimum absolute atomic E-state index is 0.108. The van der Waals surface area contributed by atoms with Gasteiger partial charge in [-0.05, 0) is 5.56 Å². The molecule has 1 unspecified atom stereocenters. The predicted molar refractivity (Wildman–Crippen MR) is 63.3 cm³/mol. The molecule has 1 rings (SSSR count). The molecule has 0 aliphatic rings. The summed E-state index contributed by atoms with van der Waals surface area (Å²) in [6, 6.07) is 11.8. The van der Waals surface area contributed by atoms with Crippen molar-refractivity contribution in [2.24, 2.45) is 0 Å². The summed E-state index contributed by atoms with van der Waals surface area (Å²) < 4.78 is 0. The molecule has 0 amide bonds. The first-order chi connectivity index (χ1) is 6.34. The summed E-state index contributed by atoms with van der Waals surface area (Å²) in [4.78, 5) is 0. The lowest BCUT2D eigenvalue weighted by molar-refractivity contribution is 0.876.